The van der Waals surface area contributed by atoms with E-state index in [0.717, 1.165) is 0 Å². The Kier molecular flexibility index (Phi) is 3.97. The minimum absolute atomic E-state index is 0.490. The van der Waals surface area contributed by atoms with E-state index in [1.165, 1.54) is 0 Å². The third-order valence-electron chi connectivity index (χ3n) is 2.31. The van der Waals surface area contributed by atoms with Gasteiger partial charge in [0.2, 0.25) is 11.9 Å². The highest BCUT2D eigenvalue weighted by Crippen LogP contribution is 2.48. The highest BCUT2D eigenvalue weighted by Gasteiger charge is 2.71. The molecule has 4 N–H and O–H groups in total. The second-order valence-electron chi connectivity index (χ2n) is 3.76. The van der Waals surface area contributed by atoms with Crippen LogP contribution in [-0.2, 0) is 6.42 Å². The van der Waals surface area contributed by atoms with Crippen molar-refractivity contribution in [3.8, 4) is 0 Å². The molecule has 1 heterocycles. The standard InChI is InChI=1S/C8H8F7N5/c9-6(7(10,11)12,8(13,14)15)2-1-3-18-4(16)20-5(17)19-3/h1-2H2,(H4,16,17,18,19,20). The van der Waals surface area contributed by atoms with Crippen LogP contribution in [0.25, 0.3) is 0 Å². The van der Waals surface area contributed by atoms with E-state index in [0.29, 0.717) is 0 Å². The first-order valence-corrected chi connectivity index (χ1v) is 4.95. The molecule has 0 aromatic carbocycles. The lowest BCUT2D eigenvalue weighted by Crippen LogP contribution is -2.53. The molecule has 0 radical (unpaired) electrons. The summed E-state index contributed by atoms with van der Waals surface area (Å²) in [5.74, 6) is -1.54. The second kappa shape index (κ2) is 4.90. The number of hydrogen-bond acceptors (Lipinski definition) is 5. The van der Waals surface area contributed by atoms with Gasteiger partial charge in [-0.2, -0.15) is 41.3 Å². The fourth-order valence-corrected chi connectivity index (χ4v) is 1.30. The molecule has 0 fully saturated rings. The summed E-state index contributed by atoms with van der Waals surface area (Å²) < 4.78 is 86.9. The van der Waals surface area contributed by atoms with Crippen LogP contribution in [0.3, 0.4) is 0 Å². The van der Waals surface area contributed by atoms with Gasteiger partial charge in [0.1, 0.15) is 5.82 Å². The van der Waals surface area contributed by atoms with Crippen molar-refractivity contribution in [1.82, 2.24) is 15.0 Å². The van der Waals surface area contributed by atoms with E-state index in [4.69, 9.17) is 11.5 Å². The number of anilines is 2. The Morgan fingerprint density at radius 2 is 1.15 bits per heavy atom. The van der Waals surface area contributed by atoms with E-state index in [1.807, 2.05) is 0 Å². The molecular formula is C8H8F7N5. The molecule has 0 atom stereocenters. The molecule has 0 aliphatic carbocycles. The summed E-state index contributed by atoms with van der Waals surface area (Å²) in [6.45, 7) is 0. The first kappa shape index (κ1) is 16.2. The van der Waals surface area contributed by atoms with Gasteiger partial charge in [0.15, 0.2) is 0 Å². The minimum atomic E-state index is -6.12. The highest BCUT2D eigenvalue weighted by molar-refractivity contribution is 5.25. The summed E-state index contributed by atoms with van der Waals surface area (Å²) in [5, 5.41) is 0. The van der Waals surface area contributed by atoms with Crippen LogP contribution in [0.4, 0.5) is 42.6 Å². The molecule has 0 unspecified atom stereocenters. The van der Waals surface area contributed by atoms with Crippen LogP contribution < -0.4 is 11.5 Å². The summed E-state index contributed by atoms with van der Waals surface area (Å²) >= 11 is 0. The molecule has 1 aromatic heterocycles. The Morgan fingerprint density at radius 3 is 1.50 bits per heavy atom. The summed E-state index contributed by atoms with van der Waals surface area (Å²) in [7, 11) is 0. The topological polar surface area (TPSA) is 90.7 Å². The Morgan fingerprint density at radius 1 is 0.750 bits per heavy atom. The van der Waals surface area contributed by atoms with Crippen molar-refractivity contribution in [3.05, 3.63) is 5.82 Å². The van der Waals surface area contributed by atoms with Crippen LogP contribution in [0.5, 0.6) is 0 Å². The van der Waals surface area contributed by atoms with Gasteiger partial charge in [0.05, 0.1) is 0 Å². The molecule has 20 heavy (non-hydrogen) atoms. The van der Waals surface area contributed by atoms with Crippen molar-refractivity contribution in [2.75, 3.05) is 11.5 Å². The molecule has 1 rings (SSSR count). The fourth-order valence-electron chi connectivity index (χ4n) is 1.30. The minimum Gasteiger partial charge on any atom is -0.368 e. The Balaban J connectivity index is 2.99. The quantitative estimate of drug-likeness (QED) is 0.831. The van der Waals surface area contributed by atoms with Crippen molar-refractivity contribution < 1.29 is 30.7 Å². The normalized spacial score (nSPS) is 13.6. The van der Waals surface area contributed by atoms with Gasteiger partial charge in [0.25, 0.3) is 5.67 Å². The summed E-state index contributed by atoms with van der Waals surface area (Å²) in [6.07, 6.45) is -15.2. The molecule has 114 valence electrons. The van der Waals surface area contributed by atoms with Crippen LogP contribution in [0.2, 0.25) is 0 Å². The molecule has 0 saturated heterocycles. The van der Waals surface area contributed by atoms with Crippen molar-refractivity contribution in [3.63, 3.8) is 0 Å². The molecule has 0 saturated carbocycles. The molecule has 0 spiro atoms. The predicted molar refractivity (Wildman–Crippen MR) is 52.9 cm³/mol. The monoisotopic (exact) mass is 307 g/mol. The van der Waals surface area contributed by atoms with Crippen LogP contribution in [0, 0.1) is 0 Å². The summed E-state index contributed by atoms with van der Waals surface area (Å²) in [4.78, 5) is 9.82. The van der Waals surface area contributed by atoms with E-state index >= 15 is 0 Å². The largest absolute Gasteiger partial charge is 0.431 e. The predicted octanol–water partition coefficient (Wildman–Crippen LogP) is 1.80. The van der Waals surface area contributed by atoms with Gasteiger partial charge in [-0.05, 0) is 0 Å². The molecule has 5 nitrogen and oxygen atoms in total. The molecule has 0 amide bonds. The Labute approximate surface area is 107 Å². The zero-order chi connectivity index (χ0) is 15.8. The van der Waals surface area contributed by atoms with E-state index in [-0.39, 0.29) is 0 Å². The highest BCUT2D eigenvalue weighted by atomic mass is 19.4. The van der Waals surface area contributed by atoms with Gasteiger partial charge in [-0.1, -0.05) is 0 Å². The summed E-state index contributed by atoms with van der Waals surface area (Å²) in [5.41, 5.74) is 4.81. The first-order chi connectivity index (χ1) is 8.87. The Bertz CT molecular complexity index is 449. The maximum absolute atomic E-state index is 13.3. The lowest BCUT2D eigenvalue weighted by molar-refractivity contribution is -0.343. The third-order valence-corrected chi connectivity index (χ3v) is 2.31. The molecule has 0 aliphatic heterocycles. The Hall–Kier alpha value is -1.88. The lowest BCUT2D eigenvalue weighted by atomic mass is 9.98. The number of aromatic nitrogens is 3. The number of alkyl halides is 7. The van der Waals surface area contributed by atoms with Crippen LogP contribution >= 0.6 is 0 Å². The van der Waals surface area contributed by atoms with Crippen molar-refractivity contribution in [2.45, 2.75) is 30.9 Å². The number of rotatable bonds is 3. The maximum Gasteiger partial charge on any atom is 0.431 e. The van der Waals surface area contributed by atoms with E-state index in [1.54, 1.807) is 0 Å². The van der Waals surface area contributed by atoms with E-state index in [9.17, 15) is 30.7 Å². The molecule has 0 aliphatic rings. The number of nitrogen functional groups attached to an aromatic ring is 2. The van der Waals surface area contributed by atoms with Crippen LogP contribution in [0.15, 0.2) is 0 Å². The number of halogens is 7. The van der Waals surface area contributed by atoms with Crippen LogP contribution in [-0.4, -0.2) is 33.0 Å². The molecule has 1 aromatic rings. The molecular weight excluding hydrogens is 299 g/mol. The second-order valence-corrected chi connectivity index (χ2v) is 3.76. The van der Waals surface area contributed by atoms with Crippen LogP contribution in [0.1, 0.15) is 12.2 Å². The molecule has 12 heteroatoms. The number of hydrogen-bond donors (Lipinski definition) is 2. The maximum atomic E-state index is 13.3. The zero-order valence-corrected chi connectivity index (χ0v) is 9.56. The van der Waals surface area contributed by atoms with Gasteiger partial charge >= 0.3 is 12.4 Å². The third kappa shape index (κ3) is 3.17. The lowest BCUT2D eigenvalue weighted by Gasteiger charge is -2.29. The van der Waals surface area contributed by atoms with Gasteiger partial charge in [0, 0.05) is 12.8 Å². The first-order valence-electron chi connectivity index (χ1n) is 4.95. The van der Waals surface area contributed by atoms with Gasteiger partial charge in [-0.15, -0.1) is 0 Å². The fraction of sp³-hybridized carbons (Fsp3) is 0.625. The number of aryl methyl sites for hydroxylation is 1. The zero-order valence-electron chi connectivity index (χ0n) is 9.56. The average Bonchev–Trinajstić information content (AvgIpc) is 2.21. The smallest absolute Gasteiger partial charge is 0.368 e. The van der Waals surface area contributed by atoms with Crippen molar-refractivity contribution in [2.24, 2.45) is 0 Å². The van der Waals surface area contributed by atoms with Gasteiger partial charge in [-0.25, -0.2) is 4.39 Å². The van der Waals surface area contributed by atoms with E-state index < -0.39 is 48.6 Å². The molecule has 0 bridgehead atoms. The average molecular weight is 307 g/mol. The number of nitrogens with two attached hydrogens (primary N) is 2. The van der Waals surface area contributed by atoms with Gasteiger partial charge in [-0.3, -0.25) is 0 Å². The van der Waals surface area contributed by atoms with E-state index in [2.05, 4.69) is 15.0 Å². The van der Waals surface area contributed by atoms with Crippen molar-refractivity contribution in [1.29, 1.82) is 0 Å². The van der Waals surface area contributed by atoms with Gasteiger partial charge < -0.3 is 11.5 Å². The number of nitrogens with zero attached hydrogens (tertiary/aromatic N) is 3. The van der Waals surface area contributed by atoms with Crippen molar-refractivity contribution >= 4 is 11.9 Å². The SMILES string of the molecule is Nc1nc(N)nc(CCC(F)(C(F)(F)F)C(F)(F)F)n1. The summed E-state index contributed by atoms with van der Waals surface area (Å²) in [6, 6.07) is 0.